The summed E-state index contributed by atoms with van der Waals surface area (Å²) in [5.41, 5.74) is -2.15. The Kier molecular flexibility index (Phi) is 7.76. The van der Waals surface area contributed by atoms with Gasteiger partial charge in [-0.3, -0.25) is 4.79 Å². The molecule has 1 aliphatic carbocycles. The summed E-state index contributed by atoms with van der Waals surface area (Å²) in [5, 5.41) is -0.602. The molecule has 0 bridgehead atoms. The fraction of sp³-hybridized carbons (Fsp3) is 0.312. The molecule has 6 rings (SSSR count). The minimum Gasteiger partial charge on any atom is -0.350 e. The number of carbonyl (C=O) groups is 1. The smallest absolute Gasteiger partial charge is 0.350 e. The van der Waals surface area contributed by atoms with Gasteiger partial charge in [0.05, 0.1) is 26.8 Å². The van der Waals surface area contributed by atoms with Gasteiger partial charge in [-0.2, -0.15) is 4.98 Å². The molecule has 2 aromatic carbocycles. The Hall–Kier alpha value is -4.52. The van der Waals surface area contributed by atoms with Crippen LogP contribution in [0.2, 0.25) is 0 Å². The summed E-state index contributed by atoms with van der Waals surface area (Å²) in [6.07, 6.45) is 2.91. The molecular weight excluding hydrogens is 607 g/mol. The van der Waals surface area contributed by atoms with Gasteiger partial charge in [0, 0.05) is 25.7 Å². The van der Waals surface area contributed by atoms with E-state index in [0.717, 1.165) is 35.3 Å². The predicted molar refractivity (Wildman–Crippen MR) is 164 cm³/mol. The summed E-state index contributed by atoms with van der Waals surface area (Å²) in [5.74, 6) is -3.42. The van der Waals surface area contributed by atoms with Crippen molar-refractivity contribution in [2.75, 3.05) is 24.5 Å². The zero-order valence-electron chi connectivity index (χ0n) is 24.6. The van der Waals surface area contributed by atoms with Gasteiger partial charge in [0.1, 0.15) is 23.1 Å². The number of rotatable bonds is 6. The van der Waals surface area contributed by atoms with E-state index in [2.05, 4.69) is 16.5 Å². The number of aryl methyl sites for hydroxylation is 1. The zero-order valence-corrected chi connectivity index (χ0v) is 25.5. The minimum atomic E-state index is -3.89. The summed E-state index contributed by atoms with van der Waals surface area (Å²) in [7, 11) is -3.89. The number of fused-ring (bicyclic) bond motifs is 1. The van der Waals surface area contributed by atoms with Crippen molar-refractivity contribution in [3.05, 3.63) is 88.6 Å². The lowest BCUT2D eigenvalue weighted by atomic mass is 10.00. The Morgan fingerprint density at radius 3 is 2.33 bits per heavy atom. The lowest BCUT2D eigenvalue weighted by Gasteiger charge is -2.40. The number of aromatic nitrogens is 3. The average molecular weight is 638 g/mol. The van der Waals surface area contributed by atoms with Gasteiger partial charge in [0.2, 0.25) is 5.91 Å². The monoisotopic (exact) mass is 637 g/mol. The first-order valence-corrected chi connectivity index (χ1v) is 16.1. The summed E-state index contributed by atoms with van der Waals surface area (Å²) < 4.78 is 74.2. The fourth-order valence-corrected chi connectivity index (χ4v) is 8.14. The molecule has 0 spiro atoms. The largest absolute Gasteiger partial charge is 0.355 e. The normalized spacial score (nSPS) is 17.4. The number of hydrogen-bond donors (Lipinski definition) is 0. The topological polar surface area (TPSA) is 105 Å². The quantitative estimate of drug-likeness (QED) is 0.282. The van der Waals surface area contributed by atoms with E-state index in [1.807, 2.05) is 0 Å². The second-order valence-corrected chi connectivity index (χ2v) is 13.6. The molecule has 2 aromatic heterocycles. The third-order valence-corrected chi connectivity index (χ3v) is 10.9. The standard InChI is InChI=1S/C32H30F3N5O4S/c1-4-26(41)38-14-15-39(19(3)17-38)30-21-16-24(35)28(27-22(33)11-7-12-23(27)34)36-31(21)40(32(42)37-30)29-18(2)8-5-13-25(29)45(43,44)20-9-6-10-20/h4-5,7-8,11-13,16,19-20H,1,6,9-10,14-15,17H2,2-3H3/t19-/m0/s1. The van der Waals surface area contributed by atoms with E-state index in [0.29, 0.717) is 18.4 Å². The molecule has 3 heterocycles. The van der Waals surface area contributed by atoms with Gasteiger partial charge < -0.3 is 9.80 Å². The van der Waals surface area contributed by atoms with Crippen LogP contribution in [0, 0.1) is 24.4 Å². The maximum Gasteiger partial charge on any atom is 0.355 e. The number of benzene rings is 2. The van der Waals surface area contributed by atoms with Crippen molar-refractivity contribution < 1.29 is 26.4 Å². The van der Waals surface area contributed by atoms with Crippen LogP contribution in [0.3, 0.4) is 0 Å². The van der Waals surface area contributed by atoms with E-state index in [9.17, 15) is 26.8 Å². The van der Waals surface area contributed by atoms with Crippen molar-refractivity contribution in [2.45, 2.75) is 49.3 Å². The average Bonchev–Trinajstić information content (AvgIpc) is 2.96. The van der Waals surface area contributed by atoms with Gasteiger partial charge in [-0.25, -0.2) is 35.9 Å². The van der Waals surface area contributed by atoms with Crippen LogP contribution in [-0.4, -0.2) is 64.7 Å². The number of carbonyl (C=O) groups excluding carboxylic acids is 1. The number of nitrogens with zero attached hydrogens (tertiary/aromatic N) is 5. The Morgan fingerprint density at radius 2 is 1.71 bits per heavy atom. The van der Waals surface area contributed by atoms with Gasteiger partial charge in [-0.05, 0) is 62.6 Å². The van der Waals surface area contributed by atoms with Crippen LogP contribution in [-0.2, 0) is 14.6 Å². The van der Waals surface area contributed by atoms with Gasteiger partial charge in [-0.1, -0.05) is 31.2 Å². The summed E-state index contributed by atoms with van der Waals surface area (Å²) in [6.45, 7) is 7.70. The summed E-state index contributed by atoms with van der Waals surface area (Å²) in [4.78, 5) is 38.2. The van der Waals surface area contributed by atoms with Crippen molar-refractivity contribution in [1.29, 1.82) is 0 Å². The van der Waals surface area contributed by atoms with Crippen molar-refractivity contribution in [3.63, 3.8) is 0 Å². The molecule has 2 aliphatic rings. The first-order chi connectivity index (χ1) is 21.4. The number of hydrogen-bond acceptors (Lipinski definition) is 7. The molecule has 45 heavy (non-hydrogen) atoms. The van der Waals surface area contributed by atoms with E-state index in [1.165, 1.54) is 12.1 Å². The van der Waals surface area contributed by atoms with Crippen molar-refractivity contribution in [2.24, 2.45) is 0 Å². The molecule has 4 aromatic rings. The second-order valence-electron chi connectivity index (χ2n) is 11.4. The van der Waals surface area contributed by atoms with Crippen LogP contribution in [0.15, 0.2) is 64.8 Å². The van der Waals surface area contributed by atoms with Crippen LogP contribution in [0.5, 0.6) is 0 Å². The Bertz CT molecular complexity index is 2020. The molecule has 0 unspecified atom stereocenters. The SMILES string of the molecule is C=CC(=O)N1CCN(c2nc(=O)n(-c3c(C)cccc3S(=O)(=O)C3CCC3)c3nc(-c4c(F)cccc4F)c(F)cc23)[C@@H](C)C1. The Balaban J connectivity index is 1.66. The Morgan fingerprint density at radius 1 is 1.02 bits per heavy atom. The molecule has 13 heteroatoms. The molecule has 9 nitrogen and oxygen atoms in total. The first kappa shape index (κ1) is 30.5. The zero-order chi connectivity index (χ0) is 32.2. The van der Waals surface area contributed by atoms with Crippen LogP contribution < -0.4 is 10.6 Å². The van der Waals surface area contributed by atoms with Crippen LogP contribution in [0.1, 0.15) is 31.7 Å². The molecular formula is C32H30F3N5O4S. The van der Waals surface area contributed by atoms with E-state index in [4.69, 9.17) is 0 Å². The number of amides is 1. The molecule has 1 aliphatic heterocycles. The van der Waals surface area contributed by atoms with Crippen molar-refractivity contribution >= 4 is 32.6 Å². The molecule has 0 radical (unpaired) electrons. The van der Waals surface area contributed by atoms with Gasteiger partial charge >= 0.3 is 5.69 Å². The third-order valence-electron chi connectivity index (χ3n) is 8.61. The number of piperazine rings is 1. The molecule has 1 saturated heterocycles. The number of anilines is 1. The van der Waals surface area contributed by atoms with E-state index in [-0.39, 0.29) is 59.0 Å². The van der Waals surface area contributed by atoms with Crippen molar-refractivity contribution in [1.82, 2.24) is 19.4 Å². The lowest BCUT2D eigenvalue weighted by Crippen LogP contribution is -2.54. The number of pyridine rings is 1. The first-order valence-electron chi connectivity index (χ1n) is 14.5. The second kappa shape index (κ2) is 11.4. The van der Waals surface area contributed by atoms with E-state index < -0.39 is 49.5 Å². The highest BCUT2D eigenvalue weighted by molar-refractivity contribution is 7.92. The van der Waals surface area contributed by atoms with Gasteiger partial charge in [0.15, 0.2) is 21.3 Å². The molecule has 234 valence electrons. The highest BCUT2D eigenvalue weighted by Crippen LogP contribution is 2.37. The number of sulfone groups is 1. The maximum absolute atomic E-state index is 15.9. The van der Waals surface area contributed by atoms with Crippen LogP contribution in [0.4, 0.5) is 19.0 Å². The van der Waals surface area contributed by atoms with E-state index in [1.54, 1.807) is 35.8 Å². The summed E-state index contributed by atoms with van der Waals surface area (Å²) >= 11 is 0. The lowest BCUT2D eigenvalue weighted by molar-refractivity contribution is -0.126. The molecule has 2 fully saturated rings. The molecule has 1 amide bonds. The fourth-order valence-electron chi connectivity index (χ4n) is 6.04. The number of para-hydroxylation sites is 1. The highest BCUT2D eigenvalue weighted by atomic mass is 32.2. The molecule has 1 saturated carbocycles. The third kappa shape index (κ3) is 5.08. The van der Waals surface area contributed by atoms with Gasteiger partial charge in [0.25, 0.3) is 0 Å². The highest BCUT2D eigenvalue weighted by Gasteiger charge is 2.36. The maximum atomic E-state index is 15.9. The van der Waals surface area contributed by atoms with E-state index >= 15 is 4.39 Å². The Labute approximate surface area is 257 Å². The van der Waals surface area contributed by atoms with Crippen molar-refractivity contribution in [3.8, 4) is 16.9 Å². The predicted octanol–water partition coefficient (Wildman–Crippen LogP) is 4.72. The molecule has 1 atom stereocenters. The van der Waals surface area contributed by atoms with Gasteiger partial charge in [-0.15, -0.1) is 0 Å². The number of halogens is 3. The summed E-state index contributed by atoms with van der Waals surface area (Å²) in [6, 6.07) is 8.28. The minimum absolute atomic E-state index is 0.00744. The van der Waals surface area contributed by atoms with Crippen LogP contribution >= 0.6 is 0 Å². The van der Waals surface area contributed by atoms with Crippen LogP contribution in [0.25, 0.3) is 28.0 Å². The molecule has 0 N–H and O–H groups in total.